The Bertz CT molecular complexity index is 335. The molecule has 3 rings (SSSR count). The third kappa shape index (κ3) is 2.28. The maximum Gasteiger partial charge on any atom is 0.0260 e. The van der Waals surface area contributed by atoms with Crippen LogP contribution in [0.2, 0.25) is 0 Å². The second-order valence-corrected chi connectivity index (χ2v) is 6.35. The average Bonchev–Trinajstić information content (AvgIpc) is 2.64. The maximum absolute atomic E-state index is 3.64. The van der Waals surface area contributed by atoms with Crippen molar-refractivity contribution in [3.05, 3.63) is 29.8 Å². The van der Waals surface area contributed by atoms with Gasteiger partial charge in [0.2, 0.25) is 0 Å². The van der Waals surface area contributed by atoms with Crippen LogP contribution in [0.3, 0.4) is 0 Å². The lowest BCUT2D eigenvalue weighted by molar-refractivity contribution is 0.302. The summed E-state index contributed by atoms with van der Waals surface area (Å²) in [6.45, 7) is 2.42. The molecule has 1 N–H and O–H groups in total. The highest BCUT2D eigenvalue weighted by Gasteiger charge is 2.22. The van der Waals surface area contributed by atoms with Crippen LogP contribution in [0.5, 0.6) is 0 Å². The Morgan fingerprint density at radius 2 is 2.06 bits per heavy atom. The zero-order valence-corrected chi connectivity index (χ0v) is 10.4. The maximum atomic E-state index is 3.64. The Morgan fingerprint density at radius 1 is 1.19 bits per heavy atom. The van der Waals surface area contributed by atoms with E-state index in [-0.39, 0.29) is 0 Å². The molecular formula is C14H19NS. The van der Waals surface area contributed by atoms with E-state index in [1.54, 1.807) is 5.56 Å². The zero-order chi connectivity index (χ0) is 10.8. The van der Waals surface area contributed by atoms with Crippen LogP contribution in [0.1, 0.15) is 24.8 Å². The van der Waals surface area contributed by atoms with Gasteiger partial charge in [0.15, 0.2) is 0 Å². The quantitative estimate of drug-likeness (QED) is 0.857. The van der Waals surface area contributed by atoms with E-state index in [0.717, 1.165) is 11.2 Å². The smallest absolute Gasteiger partial charge is 0.0260 e. The minimum Gasteiger partial charge on any atom is -0.315 e. The summed E-state index contributed by atoms with van der Waals surface area (Å²) in [6, 6.07) is 8.83. The summed E-state index contributed by atoms with van der Waals surface area (Å²) in [5.74, 6) is 0.980. The van der Waals surface area contributed by atoms with Crippen LogP contribution in [0, 0.1) is 5.92 Å². The molecule has 1 aliphatic carbocycles. The average molecular weight is 233 g/mol. The second-order valence-electron chi connectivity index (χ2n) is 5.01. The van der Waals surface area contributed by atoms with Crippen molar-refractivity contribution in [3.63, 3.8) is 0 Å². The van der Waals surface area contributed by atoms with Crippen molar-refractivity contribution in [2.24, 2.45) is 5.92 Å². The van der Waals surface area contributed by atoms with Crippen molar-refractivity contribution in [1.82, 2.24) is 5.32 Å². The molecular weight excluding hydrogens is 214 g/mol. The van der Waals surface area contributed by atoms with Gasteiger partial charge in [-0.1, -0.05) is 24.6 Å². The van der Waals surface area contributed by atoms with E-state index in [2.05, 4.69) is 41.3 Å². The van der Waals surface area contributed by atoms with Gasteiger partial charge in [0.25, 0.3) is 0 Å². The largest absolute Gasteiger partial charge is 0.315 e. The van der Waals surface area contributed by atoms with Crippen LogP contribution in [-0.4, -0.2) is 18.3 Å². The molecule has 0 radical (unpaired) electrons. The number of hydrogen-bond acceptors (Lipinski definition) is 2. The normalized spacial score (nSPS) is 24.1. The summed E-state index contributed by atoms with van der Waals surface area (Å²) in [7, 11) is 0. The Hall–Kier alpha value is -0.470. The van der Waals surface area contributed by atoms with Crippen LogP contribution < -0.4 is 5.32 Å². The van der Waals surface area contributed by atoms with E-state index in [9.17, 15) is 0 Å². The van der Waals surface area contributed by atoms with E-state index >= 15 is 0 Å². The Kier molecular flexibility index (Phi) is 3.20. The first-order valence-electron chi connectivity index (χ1n) is 6.37. The molecule has 1 heterocycles. The number of thioether (sulfide) groups is 1. The summed E-state index contributed by atoms with van der Waals surface area (Å²) >= 11 is 2.05. The van der Waals surface area contributed by atoms with Crippen molar-refractivity contribution < 1.29 is 0 Å². The Morgan fingerprint density at radius 3 is 2.81 bits per heavy atom. The molecule has 1 aromatic rings. The molecule has 2 heteroatoms. The van der Waals surface area contributed by atoms with Crippen LogP contribution in [0.25, 0.3) is 0 Å². The van der Waals surface area contributed by atoms with Gasteiger partial charge in [0, 0.05) is 16.7 Å². The lowest BCUT2D eigenvalue weighted by atomic mass is 9.85. The van der Waals surface area contributed by atoms with Crippen molar-refractivity contribution in [1.29, 1.82) is 0 Å². The molecule has 0 bridgehead atoms. The van der Waals surface area contributed by atoms with Gasteiger partial charge in [-0.05, 0) is 43.4 Å². The summed E-state index contributed by atoms with van der Waals surface area (Å²) in [6.07, 6.45) is 5.60. The van der Waals surface area contributed by atoms with E-state index in [0.29, 0.717) is 0 Å². The predicted octanol–water partition coefficient (Wildman–Crippen LogP) is 3.09. The van der Waals surface area contributed by atoms with Gasteiger partial charge in [0.05, 0.1) is 0 Å². The van der Waals surface area contributed by atoms with Gasteiger partial charge in [-0.3, -0.25) is 0 Å². The lowest BCUT2D eigenvalue weighted by Crippen LogP contribution is -2.32. The van der Waals surface area contributed by atoms with Crippen molar-refractivity contribution in [2.75, 3.05) is 13.1 Å². The minimum absolute atomic E-state index is 0.762. The van der Waals surface area contributed by atoms with Crippen LogP contribution in [0.15, 0.2) is 29.2 Å². The van der Waals surface area contributed by atoms with Crippen molar-refractivity contribution >= 4 is 11.8 Å². The fraction of sp³-hybridized carbons (Fsp3) is 0.571. The van der Waals surface area contributed by atoms with E-state index in [4.69, 9.17) is 0 Å². The number of nitrogens with one attached hydrogen (secondary N) is 1. The highest BCUT2D eigenvalue weighted by molar-refractivity contribution is 8.00. The van der Waals surface area contributed by atoms with E-state index in [1.165, 1.54) is 43.7 Å². The third-order valence-corrected chi connectivity index (χ3v) is 5.06. The fourth-order valence-electron chi connectivity index (χ4n) is 2.51. The van der Waals surface area contributed by atoms with Gasteiger partial charge in [-0.15, -0.1) is 11.8 Å². The molecule has 16 heavy (non-hydrogen) atoms. The van der Waals surface area contributed by atoms with Gasteiger partial charge >= 0.3 is 0 Å². The van der Waals surface area contributed by atoms with E-state index in [1.807, 2.05) is 0 Å². The number of benzene rings is 1. The summed E-state index contributed by atoms with van der Waals surface area (Å²) in [5.41, 5.74) is 1.54. The summed E-state index contributed by atoms with van der Waals surface area (Å²) < 4.78 is 0. The lowest BCUT2D eigenvalue weighted by Gasteiger charge is -2.26. The van der Waals surface area contributed by atoms with Gasteiger partial charge in [0.1, 0.15) is 0 Å². The molecule has 0 saturated heterocycles. The molecule has 86 valence electrons. The van der Waals surface area contributed by atoms with Gasteiger partial charge < -0.3 is 5.32 Å². The predicted molar refractivity (Wildman–Crippen MR) is 70.0 cm³/mol. The molecule has 0 amide bonds. The summed E-state index contributed by atoms with van der Waals surface area (Å²) in [5, 5.41) is 4.40. The monoisotopic (exact) mass is 233 g/mol. The second kappa shape index (κ2) is 4.80. The molecule has 1 fully saturated rings. The van der Waals surface area contributed by atoms with Crippen LogP contribution in [-0.2, 0) is 6.42 Å². The molecule has 1 aliphatic heterocycles. The van der Waals surface area contributed by atoms with Crippen LogP contribution in [0.4, 0.5) is 0 Å². The highest BCUT2D eigenvalue weighted by atomic mass is 32.2. The highest BCUT2D eigenvalue weighted by Crippen LogP contribution is 2.36. The Balaban J connectivity index is 1.45. The molecule has 1 unspecified atom stereocenters. The van der Waals surface area contributed by atoms with Crippen molar-refractivity contribution in [3.8, 4) is 0 Å². The van der Waals surface area contributed by atoms with E-state index < -0.39 is 0 Å². The summed E-state index contributed by atoms with van der Waals surface area (Å²) in [4.78, 5) is 1.50. The third-order valence-electron chi connectivity index (χ3n) is 3.74. The first kappa shape index (κ1) is 10.7. The standard InChI is InChI=1S/C14H19NS/c1-2-7-14-12(6-1)8-13(16-14)10-15-9-11-4-3-5-11/h1-2,6-7,11,13,15H,3-5,8-10H2. The molecule has 1 nitrogen and oxygen atoms in total. The SMILES string of the molecule is c1ccc2c(c1)CC(CNCC1CCC1)S2. The van der Waals surface area contributed by atoms with Gasteiger partial charge in [-0.2, -0.15) is 0 Å². The minimum atomic E-state index is 0.762. The number of fused-ring (bicyclic) bond motifs is 1. The first-order chi connectivity index (χ1) is 7.92. The number of hydrogen-bond donors (Lipinski definition) is 1. The molecule has 1 aromatic carbocycles. The number of rotatable bonds is 4. The van der Waals surface area contributed by atoms with Crippen LogP contribution >= 0.6 is 11.8 Å². The molecule has 0 aromatic heterocycles. The molecule has 0 spiro atoms. The van der Waals surface area contributed by atoms with Crippen molar-refractivity contribution in [2.45, 2.75) is 35.8 Å². The molecule has 1 atom stereocenters. The molecule has 2 aliphatic rings. The first-order valence-corrected chi connectivity index (χ1v) is 7.25. The zero-order valence-electron chi connectivity index (χ0n) is 9.61. The fourth-order valence-corrected chi connectivity index (χ4v) is 3.80. The van der Waals surface area contributed by atoms with Gasteiger partial charge in [-0.25, -0.2) is 0 Å². The molecule has 1 saturated carbocycles. The Labute approximate surface area is 102 Å². The topological polar surface area (TPSA) is 12.0 Å².